The number of amides is 4. The van der Waals surface area contributed by atoms with Gasteiger partial charge in [-0.3, -0.25) is 24.2 Å². The normalized spacial score (nSPS) is 15.1. The average Bonchev–Trinajstić information content (AvgIpc) is 2.79. The summed E-state index contributed by atoms with van der Waals surface area (Å²) < 4.78 is 0. The summed E-state index contributed by atoms with van der Waals surface area (Å²) >= 11 is 0. The molecule has 0 aromatic carbocycles. The molecule has 14 nitrogen and oxygen atoms in total. The Bertz CT molecular complexity index is 799. The number of rotatable bonds is 17. The predicted octanol–water partition coefficient (Wildman–Crippen LogP) is -2.13. The van der Waals surface area contributed by atoms with E-state index >= 15 is 0 Å². The van der Waals surface area contributed by atoms with Crippen LogP contribution in [0.2, 0.25) is 0 Å². The number of aliphatic imine (C=N–C) groups is 1. The minimum Gasteiger partial charge on any atom is -0.480 e. The zero-order valence-electron chi connectivity index (χ0n) is 21.5. The second-order valence-corrected chi connectivity index (χ2v) is 9.06. The smallest absolute Gasteiger partial charge is 0.326 e. The lowest BCUT2D eigenvalue weighted by atomic mass is 9.96. The number of nitrogens with two attached hydrogens (primary N) is 4. The van der Waals surface area contributed by atoms with E-state index in [9.17, 15) is 29.1 Å². The van der Waals surface area contributed by atoms with Crippen molar-refractivity contribution >= 4 is 35.6 Å². The molecule has 0 fully saturated rings. The van der Waals surface area contributed by atoms with Crippen molar-refractivity contribution in [2.45, 2.75) is 84.0 Å². The first kappa shape index (κ1) is 32.6. The number of nitrogens with zero attached hydrogens (tertiary/aromatic N) is 1. The van der Waals surface area contributed by atoms with Crippen LogP contribution in [0.3, 0.4) is 0 Å². The summed E-state index contributed by atoms with van der Waals surface area (Å²) in [4.78, 5) is 65.2. The monoisotopic (exact) mass is 514 g/mol. The minimum atomic E-state index is -1.29. The van der Waals surface area contributed by atoms with Gasteiger partial charge in [-0.2, -0.15) is 0 Å². The quantitative estimate of drug-likeness (QED) is 0.0598. The first-order valence-corrected chi connectivity index (χ1v) is 11.9. The summed E-state index contributed by atoms with van der Waals surface area (Å²) in [5.74, 6) is -4.61. The molecular weight excluding hydrogens is 472 g/mol. The number of carboxylic acid groups (broad SMARTS) is 1. The van der Waals surface area contributed by atoms with Crippen molar-refractivity contribution in [1.82, 2.24) is 16.0 Å². The zero-order chi connectivity index (χ0) is 28.0. The van der Waals surface area contributed by atoms with E-state index in [-0.39, 0.29) is 50.0 Å². The fourth-order valence-electron chi connectivity index (χ4n) is 3.10. The maximum absolute atomic E-state index is 13.1. The number of carbonyl (C=O) groups excluding carboxylic acids is 4. The summed E-state index contributed by atoms with van der Waals surface area (Å²) in [5, 5.41) is 17.0. The number of hydrogen-bond acceptors (Lipinski definition) is 7. The van der Waals surface area contributed by atoms with E-state index < -0.39 is 53.8 Å². The predicted molar refractivity (Wildman–Crippen MR) is 134 cm³/mol. The molecule has 0 aliphatic rings. The third-order valence-corrected chi connectivity index (χ3v) is 5.69. The lowest BCUT2D eigenvalue weighted by Gasteiger charge is -2.28. The molecule has 0 saturated heterocycles. The van der Waals surface area contributed by atoms with Crippen LogP contribution in [0.15, 0.2) is 4.99 Å². The summed E-state index contributed by atoms with van der Waals surface area (Å²) in [6, 6.07) is -4.40. The van der Waals surface area contributed by atoms with Crippen LogP contribution in [0.25, 0.3) is 0 Å². The fraction of sp³-hybridized carbons (Fsp3) is 0.727. The van der Waals surface area contributed by atoms with Gasteiger partial charge in [0.2, 0.25) is 23.6 Å². The Morgan fingerprint density at radius 3 is 1.92 bits per heavy atom. The molecule has 0 rings (SSSR count). The van der Waals surface area contributed by atoms with E-state index in [2.05, 4.69) is 20.9 Å². The lowest BCUT2D eigenvalue weighted by Crippen LogP contribution is -2.59. The van der Waals surface area contributed by atoms with Crippen LogP contribution in [0.5, 0.6) is 0 Å². The van der Waals surface area contributed by atoms with E-state index in [1.165, 1.54) is 0 Å². The number of guanidine groups is 1. The standard InChI is InChI=1S/C22H42N8O6/c1-5-12(4)17(30-19(33)16(24)11(2)3)20(34)28-13(8-9-15(23)31)18(32)29-14(21(35)36)7-6-10-27-22(25)26/h11-14,16-17H,5-10,24H2,1-4H3,(H2,23,31)(H,28,34)(H,29,32)(H,30,33)(H,35,36)(H4,25,26,27). The lowest BCUT2D eigenvalue weighted by molar-refractivity contribution is -0.142. The summed E-state index contributed by atoms with van der Waals surface area (Å²) in [5.41, 5.74) is 21.6. The topological polar surface area (TPSA) is 258 Å². The molecule has 206 valence electrons. The van der Waals surface area contributed by atoms with Crippen molar-refractivity contribution in [2.75, 3.05) is 6.54 Å². The Labute approximate surface area is 211 Å². The first-order valence-electron chi connectivity index (χ1n) is 11.9. The number of primary amides is 1. The van der Waals surface area contributed by atoms with Crippen molar-refractivity contribution < 1.29 is 29.1 Å². The van der Waals surface area contributed by atoms with Crippen molar-refractivity contribution in [1.29, 1.82) is 0 Å². The molecule has 36 heavy (non-hydrogen) atoms. The average molecular weight is 515 g/mol. The number of hydrogen-bond donors (Lipinski definition) is 8. The Morgan fingerprint density at radius 1 is 0.861 bits per heavy atom. The molecule has 0 heterocycles. The Balaban J connectivity index is 5.60. The van der Waals surface area contributed by atoms with Crippen LogP contribution in [0, 0.1) is 11.8 Å². The molecular formula is C22H42N8O6. The van der Waals surface area contributed by atoms with E-state index in [1.807, 2.05) is 6.92 Å². The highest BCUT2D eigenvalue weighted by atomic mass is 16.4. The molecule has 0 aliphatic carbocycles. The highest BCUT2D eigenvalue weighted by Crippen LogP contribution is 2.11. The molecule has 4 amide bonds. The number of nitrogens with one attached hydrogen (secondary N) is 3. The second-order valence-electron chi connectivity index (χ2n) is 9.06. The SMILES string of the molecule is CCC(C)C(NC(=O)C(N)C(C)C)C(=O)NC(CCC(N)=O)C(=O)NC(CCCN=C(N)N)C(=O)O. The highest BCUT2D eigenvalue weighted by Gasteiger charge is 2.32. The zero-order valence-corrected chi connectivity index (χ0v) is 21.5. The van der Waals surface area contributed by atoms with Crippen molar-refractivity contribution in [3.05, 3.63) is 0 Å². The molecule has 14 heteroatoms. The van der Waals surface area contributed by atoms with Gasteiger partial charge in [0, 0.05) is 13.0 Å². The molecule has 0 spiro atoms. The highest BCUT2D eigenvalue weighted by molar-refractivity contribution is 5.94. The number of carboxylic acids is 1. The van der Waals surface area contributed by atoms with Crippen LogP contribution >= 0.6 is 0 Å². The number of aliphatic carboxylic acids is 1. The van der Waals surface area contributed by atoms with Crippen molar-refractivity contribution in [3.63, 3.8) is 0 Å². The van der Waals surface area contributed by atoms with Crippen LogP contribution < -0.4 is 38.9 Å². The minimum absolute atomic E-state index is 0.0208. The molecule has 5 atom stereocenters. The maximum Gasteiger partial charge on any atom is 0.326 e. The van der Waals surface area contributed by atoms with E-state index in [0.717, 1.165) is 0 Å². The van der Waals surface area contributed by atoms with E-state index in [4.69, 9.17) is 22.9 Å². The third-order valence-electron chi connectivity index (χ3n) is 5.69. The molecule has 0 bridgehead atoms. The summed E-state index contributed by atoms with van der Waals surface area (Å²) in [6.45, 7) is 7.28. The van der Waals surface area contributed by atoms with Gasteiger partial charge in [-0.15, -0.1) is 0 Å². The Morgan fingerprint density at radius 2 is 1.44 bits per heavy atom. The van der Waals surface area contributed by atoms with Gasteiger partial charge in [0.25, 0.3) is 0 Å². The van der Waals surface area contributed by atoms with Crippen molar-refractivity contribution in [3.8, 4) is 0 Å². The summed E-state index contributed by atoms with van der Waals surface area (Å²) in [6.07, 6.45) is 0.419. The molecule has 12 N–H and O–H groups in total. The molecule has 0 radical (unpaired) electrons. The van der Waals surface area contributed by atoms with Crippen LogP contribution in [-0.2, 0) is 24.0 Å². The Hall–Kier alpha value is -3.42. The van der Waals surface area contributed by atoms with Gasteiger partial charge in [-0.25, -0.2) is 4.79 Å². The maximum atomic E-state index is 13.1. The third kappa shape index (κ3) is 12.3. The van der Waals surface area contributed by atoms with Gasteiger partial charge < -0.3 is 44.0 Å². The van der Waals surface area contributed by atoms with Gasteiger partial charge in [-0.1, -0.05) is 34.1 Å². The van der Waals surface area contributed by atoms with Gasteiger partial charge in [0.15, 0.2) is 5.96 Å². The Kier molecular flexibility index (Phi) is 14.7. The van der Waals surface area contributed by atoms with Gasteiger partial charge >= 0.3 is 5.97 Å². The molecule has 0 aromatic heterocycles. The number of carbonyl (C=O) groups is 5. The molecule has 5 unspecified atom stereocenters. The van der Waals surface area contributed by atoms with Gasteiger partial charge in [0.1, 0.15) is 18.1 Å². The largest absolute Gasteiger partial charge is 0.480 e. The molecule has 0 aliphatic heterocycles. The molecule has 0 saturated carbocycles. The van der Waals surface area contributed by atoms with E-state index in [1.54, 1.807) is 20.8 Å². The first-order chi connectivity index (χ1) is 16.7. The fourth-order valence-corrected chi connectivity index (χ4v) is 3.10. The van der Waals surface area contributed by atoms with Crippen molar-refractivity contribution in [2.24, 2.45) is 39.8 Å². The van der Waals surface area contributed by atoms with Gasteiger partial charge in [-0.05, 0) is 31.1 Å². The molecule has 0 aromatic rings. The second kappa shape index (κ2) is 16.3. The van der Waals surface area contributed by atoms with E-state index in [0.29, 0.717) is 6.42 Å². The van der Waals surface area contributed by atoms with Gasteiger partial charge in [0.05, 0.1) is 6.04 Å². The summed E-state index contributed by atoms with van der Waals surface area (Å²) in [7, 11) is 0. The van der Waals surface area contributed by atoms with Crippen LogP contribution in [0.1, 0.15) is 59.8 Å². The van der Waals surface area contributed by atoms with Crippen LogP contribution in [0.4, 0.5) is 0 Å². The van der Waals surface area contributed by atoms with Crippen LogP contribution in [-0.4, -0.2) is 71.4 Å².